The zero-order chi connectivity index (χ0) is 25.7. The van der Waals surface area contributed by atoms with E-state index in [9.17, 15) is 10.2 Å². The van der Waals surface area contributed by atoms with Crippen LogP contribution in [0.1, 0.15) is 12.8 Å². The molecule has 0 saturated heterocycles. The number of hydrogen-bond acceptors (Lipinski definition) is 2. The minimum Gasteiger partial charge on any atom is -0.399 e. The van der Waals surface area contributed by atoms with E-state index in [2.05, 4.69) is 121 Å². The van der Waals surface area contributed by atoms with E-state index in [-0.39, 0.29) is 24.1 Å². The van der Waals surface area contributed by atoms with Crippen LogP contribution in [0.25, 0.3) is 0 Å². The molecule has 1 aliphatic carbocycles. The van der Waals surface area contributed by atoms with Crippen LogP contribution in [0.5, 0.6) is 0 Å². The molecule has 0 aliphatic heterocycles. The predicted molar refractivity (Wildman–Crippen MR) is 161 cm³/mol. The minimum atomic E-state index is -1.31. The van der Waals surface area contributed by atoms with Crippen molar-refractivity contribution >= 4 is 44.9 Å². The van der Waals surface area contributed by atoms with Gasteiger partial charge in [0.15, 0.2) is 0 Å². The lowest BCUT2D eigenvalue weighted by Gasteiger charge is -2.35. The van der Waals surface area contributed by atoms with E-state index in [0.29, 0.717) is 12.8 Å². The maximum absolute atomic E-state index is 11.6. The van der Waals surface area contributed by atoms with Gasteiger partial charge in [0.2, 0.25) is 0 Å². The summed E-state index contributed by atoms with van der Waals surface area (Å²) in [6, 6.07) is 43.0. The minimum absolute atomic E-state index is 0.0244. The highest BCUT2D eigenvalue weighted by atomic mass is 31.1. The van der Waals surface area contributed by atoms with Crippen molar-refractivity contribution in [2.24, 2.45) is 11.8 Å². The van der Waals surface area contributed by atoms with Crippen LogP contribution >= 0.6 is 15.8 Å². The zero-order valence-corrected chi connectivity index (χ0v) is 22.8. The Morgan fingerprint density at radius 2 is 1.08 bits per heavy atom. The highest BCUT2D eigenvalue weighted by Crippen LogP contribution is 2.58. The first-order valence-corrected chi connectivity index (χ1v) is 15.9. The van der Waals surface area contributed by atoms with Crippen LogP contribution in [0.3, 0.4) is 0 Å². The van der Waals surface area contributed by atoms with E-state index in [1.54, 1.807) is 0 Å². The molecule has 0 amide bonds. The quantitative estimate of drug-likeness (QED) is 0.251. The summed E-state index contributed by atoms with van der Waals surface area (Å²) in [5.74, 6) is -0.00227. The molecule has 1 aliphatic rings. The van der Waals surface area contributed by atoms with Crippen molar-refractivity contribution in [1.29, 1.82) is 0 Å². The van der Waals surface area contributed by atoms with Gasteiger partial charge >= 0.3 is 0 Å². The van der Waals surface area contributed by atoms with Crippen LogP contribution in [0, 0.1) is 11.8 Å². The second kappa shape index (κ2) is 12.1. The normalized spacial score (nSPS) is 23.5. The number of hydrogen-bond donors (Lipinski definition) is 2. The summed E-state index contributed by atoms with van der Waals surface area (Å²) in [5, 5.41) is 26.9. The largest absolute Gasteiger partial charge is 0.399 e. The summed E-state index contributed by atoms with van der Waals surface area (Å²) in [7, 11) is 5.26. The molecule has 2 N–H and O–H groups in total. The molecule has 4 atom stereocenters. The molecule has 4 aromatic rings. The summed E-state index contributed by atoms with van der Waals surface area (Å²) < 4.78 is 0. The lowest BCUT2D eigenvalue weighted by molar-refractivity contribution is 0.0607. The maximum atomic E-state index is 11.6. The van der Waals surface area contributed by atoms with E-state index in [4.69, 9.17) is 7.85 Å². The van der Waals surface area contributed by atoms with E-state index < -0.39 is 21.3 Å². The fraction of sp³-hybridized carbons (Fsp3) is 0.250. The van der Waals surface area contributed by atoms with Gasteiger partial charge in [0.1, 0.15) is 7.85 Å². The summed E-state index contributed by atoms with van der Waals surface area (Å²) in [6.45, 7) is 0.0244. The molecule has 0 aromatic heterocycles. The Morgan fingerprint density at radius 3 is 1.49 bits per heavy atom. The summed E-state index contributed by atoms with van der Waals surface area (Å²) in [5.41, 5.74) is -1.11. The summed E-state index contributed by atoms with van der Waals surface area (Å²) in [4.78, 5) is 0. The van der Waals surface area contributed by atoms with Gasteiger partial charge in [-0.2, -0.15) is 0 Å². The molecule has 2 radical (unpaired) electrons. The third-order valence-corrected chi connectivity index (χ3v) is 13.1. The average molecular weight is 522 g/mol. The smallest absolute Gasteiger partial charge is 0.113 e. The van der Waals surface area contributed by atoms with Gasteiger partial charge in [0.25, 0.3) is 0 Å². The standard InChI is InChI=1S/C32H33BO2P2/c33-32(35)23-31(37(27-17-9-3-10-18-27)28-19-11-4-12-20-28)29(30(32)21-22-34)24-36(25-13-5-1-6-14-25)26-15-7-2-8-16-26/h1-20,29-31,34-35H,21-24H2/t29-,30+,31+,32+/m1/s1. The molecule has 0 spiro atoms. The molecule has 1 fully saturated rings. The highest BCUT2D eigenvalue weighted by Gasteiger charge is 2.52. The van der Waals surface area contributed by atoms with Gasteiger partial charge in [-0.05, 0) is 73.6 Å². The second-order valence-corrected chi connectivity index (χ2v) is 14.6. The lowest BCUT2D eigenvalue weighted by atomic mass is 9.70. The van der Waals surface area contributed by atoms with Crippen molar-refractivity contribution in [3.8, 4) is 0 Å². The van der Waals surface area contributed by atoms with Gasteiger partial charge in [-0.25, -0.2) is 0 Å². The van der Waals surface area contributed by atoms with E-state index in [0.717, 1.165) is 6.16 Å². The van der Waals surface area contributed by atoms with Crippen molar-refractivity contribution in [2.75, 3.05) is 12.8 Å². The Balaban J connectivity index is 1.62. The Bertz CT molecular complexity index is 1160. The third kappa shape index (κ3) is 5.92. The lowest BCUT2D eigenvalue weighted by Crippen LogP contribution is -2.37. The number of aliphatic hydroxyl groups is 2. The van der Waals surface area contributed by atoms with Gasteiger partial charge in [-0.3, -0.25) is 0 Å². The Hall–Kier alpha value is -2.28. The Labute approximate surface area is 224 Å². The fourth-order valence-corrected chi connectivity index (χ4v) is 12.0. The van der Waals surface area contributed by atoms with Gasteiger partial charge in [0, 0.05) is 12.1 Å². The molecule has 186 valence electrons. The van der Waals surface area contributed by atoms with E-state index in [1.165, 1.54) is 21.2 Å². The highest BCUT2D eigenvalue weighted by molar-refractivity contribution is 7.74. The molecular weight excluding hydrogens is 489 g/mol. The van der Waals surface area contributed by atoms with Gasteiger partial charge in [0.05, 0.1) is 0 Å². The monoisotopic (exact) mass is 522 g/mol. The third-order valence-electron chi connectivity index (χ3n) is 7.56. The second-order valence-electron chi connectivity index (χ2n) is 9.87. The summed E-state index contributed by atoms with van der Waals surface area (Å²) in [6.07, 6.45) is 1.97. The number of benzene rings is 4. The van der Waals surface area contributed by atoms with Crippen molar-refractivity contribution in [3.63, 3.8) is 0 Å². The molecule has 4 aromatic carbocycles. The first-order chi connectivity index (χ1) is 18.1. The molecule has 2 nitrogen and oxygen atoms in total. The van der Waals surface area contributed by atoms with E-state index in [1.807, 2.05) is 0 Å². The van der Waals surface area contributed by atoms with Crippen LogP contribution < -0.4 is 21.2 Å². The molecule has 0 heterocycles. The predicted octanol–water partition coefficient (Wildman–Crippen LogP) is 4.50. The fourth-order valence-electron chi connectivity index (χ4n) is 5.91. The topological polar surface area (TPSA) is 40.5 Å². The van der Waals surface area contributed by atoms with Crippen molar-refractivity contribution in [1.82, 2.24) is 0 Å². The first-order valence-electron chi connectivity index (χ1n) is 13.0. The van der Waals surface area contributed by atoms with Crippen LogP contribution in [-0.2, 0) is 0 Å². The zero-order valence-electron chi connectivity index (χ0n) is 21.0. The van der Waals surface area contributed by atoms with Crippen LogP contribution in [0.2, 0.25) is 0 Å². The summed E-state index contributed by atoms with van der Waals surface area (Å²) >= 11 is 0. The molecule has 0 unspecified atom stereocenters. The number of aliphatic hydroxyl groups excluding tert-OH is 1. The SMILES string of the molecule is [B][C@]1(O)C[C@H](P(c2ccccc2)c2ccccc2)[C@H](CP(c2ccccc2)c2ccccc2)[C@@H]1CCO. The first kappa shape index (κ1) is 26.3. The molecule has 5 rings (SSSR count). The number of rotatable bonds is 9. The van der Waals surface area contributed by atoms with Gasteiger partial charge in [-0.1, -0.05) is 121 Å². The van der Waals surface area contributed by atoms with Crippen LogP contribution in [0.15, 0.2) is 121 Å². The molecule has 37 heavy (non-hydrogen) atoms. The van der Waals surface area contributed by atoms with Crippen molar-refractivity contribution in [2.45, 2.75) is 24.0 Å². The van der Waals surface area contributed by atoms with Gasteiger partial charge < -0.3 is 10.2 Å². The molecule has 5 heteroatoms. The van der Waals surface area contributed by atoms with Gasteiger partial charge in [-0.15, -0.1) is 0 Å². The van der Waals surface area contributed by atoms with Crippen LogP contribution in [-0.4, -0.2) is 42.0 Å². The molecular formula is C32H33BO2P2. The maximum Gasteiger partial charge on any atom is 0.113 e. The molecule has 0 bridgehead atoms. The van der Waals surface area contributed by atoms with Crippen molar-refractivity contribution in [3.05, 3.63) is 121 Å². The van der Waals surface area contributed by atoms with E-state index >= 15 is 0 Å². The Morgan fingerprint density at radius 1 is 0.676 bits per heavy atom. The van der Waals surface area contributed by atoms with Crippen molar-refractivity contribution < 1.29 is 10.2 Å². The Kier molecular flexibility index (Phi) is 8.58. The molecule has 1 saturated carbocycles. The average Bonchev–Trinajstić information content (AvgIpc) is 3.18. The van der Waals surface area contributed by atoms with Crippen LogP contribution in [0.4, 0.5) is 0 Å².